The molecule has 2 aromatic carbocycles. The topological polar surface area (TPSA) is 105 Å². The number of alkyl carbamates (subject to hydrolysis) is 1. The summed E-state index contributed by atoms with van der Waals surface area (Å²) in [5.41, 5.74) is 2.13. The Balaban J connectivity index is 1.67. The van der Waals surface area contributed by atoms with Crippen LogP contribution in [0.1, 0.15) is 51.2 Å². The number of fused-ring (bicyclic) bond motifs is 3. The third-order valence-electron chi connectivity index (χ3n) is 6.89. The second-order valence-corrected chi connectivity index (χ2v) is 9.59. The van der Waals surface area contributed by atoms with Crippen molar-refractivity contribution >= 4 is 18.0 Å². The highest BCUT2D eigenvalue weighted by atomic mass is 16.5. The molecule has 2 amide bonds. The van der Waals surface area contributed by atoms with Gasteiger partial charge in [-0.25, -0.2) is 4.79 Å². The van der Waals surface area contributed by atoms with Gasteiger partial charge in [0.1, 0.15) is 12.6 Å². The van der Waals surface area contributed by atoms with E-state index in [1.807, 2.05) is 36.4 Å². The van der Waals surface area contributed by atoms with Gasteiger partial charge in [0.05, 0.1) is 11.0 Å². The molecule has 0 bridgehead atoms. The monoisotopic (exact) mass is 464 g/mol. The van der Waals surface area contributed by atoms with Crippen molar-refractivity contribution in [2.75, 3.05) is 6.61 Å². The molecule has 0 radical (unpaired) electrons. The van der Waals surface area contributed by atoms with Gasteiger partial charge in [0.2, 0.25) is 5.91 Å². The van der Waals surface area contributed by atoms with Gasteiger partial charge in [-0.15, -0.1) is 6.58 Å². The van der Waals surface area contributed by atoms with Crippen LogP contribution in [-0.2, 0) is 14.3 Å². The van der Waals surface area contributed by atoms with E-state index in [-0.39, 0.29) is 18.9 Å². The third-order valence-corrected chi connectivity index (χ3v) is 6.89. The van der Waals surface area contributed by atoms with Crippen molar-refractivity contribution in [1.29, 1.82) is 0 Å². The predicted molar refractivity (Wildman–Crippen MR) is 130 cm³/mol. The molecule has 0 aromatic heterocycles. The van der Waals surface area contributed by atoms with Crippen molar-refractivity contribution < 1.29 is 24.2 Å². The van der Waals surface area contributed by atoms with E-state index in [9.17, 15) is 19.5 Å². The summed E-state index contributed by atoms with van der Waals surface area (Å²) >= 11 is 0. The molecule has 1 atom stereocenters. The Morgan fingerprint density at radius 2 is 1.56 bits per heavy atom. The fraction of sp³-hybridized carbons (Fsp3) is 0.370. The van der Waals surface area contributed by atoms with E-state index < -0.39 is 35.0 Å². The Bertz CT molecular complexity index is 1060. The van der Waals surface area contributed by atoms with Gasteiger partial charge < -0.3 is 20.5 Å². The molecule has 0 aliphatic heterocycles. The lowest BCUT2D eigenvalue weighted by atomic mass is 9.74. The third kappa shape index (κ3) is 4.83. The molecule has 7 heteroatoms. The Hall–Kier alpha value is -3.61. The van der Waals surface area contributed by atoms with Crippen LogP contribution in [0.3, 0.4) is 0 Å². The lowest BCUT2D eigenvalue weighted by Gasteiger charge is -2.39. The summed E-state index contributed by atoms with van der Waals surface area (Å²) in [6.07, 6.45) is 0.960. The standard InChI is InChI=1S/C27H32N2O5/c1-6-11-22(23(30)29-27(4,5)26(2,3)24(31)32)28-25(33)34-16-21-19-14-9-7-12-17(19)18-13-8-10-15-20(18)21/h6-10,12-15,21-22H,1,11,16H2,2-5H3,(H,28,33)(H,29,30)(H,31,32). The van der Waals surface area contributed by atoms with Crippen LogP contribution in [0.5, 0.6) is 0 Å². The molecule has 1 aliphatic rings. The molecule has 1 aliphatic carbocycles. The Morgan fingerprint density at radius 3 is 2.06 bits per heavy atom. The van der Waals surface area contributed by atoms with Crippen LogP contribution in [0.2, 0.25) is 0 Å². The zero-order valence-electron chi connectivity index (χ0n) is 20.1. The second-order valence-electron chi connectivity index (χ2n) is 9.59. The van der Waals surface area contributed by atoms with E-state index in [4.69, 9.17) is 4.74 Å². The molecule has 0 spiro atoms. The molecule has 0 saturated heterocycles. The summed E-state index contributed by atoms with van der Waals surface area (Å²) in [7, 11) is 0. The number of amides is 2. The zero-order chi connectivity index (χ0) is 25.1. The molecular formula is C27H32N2O5. The van der Waals surface area contributed by atoms with Gasteiger partial charge in [0.25, 0.3) is 0 Å². The van der Waals surface area contributed by atoms with Crippen molar-refractivity contribution in [1.82, 2.24) is 10.6 Å². The number of aliphatic carboxylic acids is 1. The van der Waals surface area contributed by atoms with Crippen molar-refractivity contribution in [3.63, 3.8) is 0 Å². The highest BCUT2D eigenvalue weighted by molar-refractivity contribution is 5.87. The first-order valence-electron chi connectivity index (χ1n) is 11.3. The smallest absolute Gasteiger partial charge is 0.407 e. The summed E-state index contributed by atoms with van der Waals surface area (Å²) in [5.74, 6) is -1.64. The normalized spacial score (nSPS) is 13.9. The SMILES string of the molecule is C=CCC(NC(=O)OCC1c2ccccc2-c2ccccc21)C(=O)NC(C)(C)C(C)(C)C(=O)O. The van der Waals surface area contributed by atoms with Gasteiger partial charge in [-0.1, -0.05) is 54.6 Å². The van der Waals surface area contributed by atoms with Gasteiger partial charge >= 0.3 is 12.1 Å². The minimum atomic E-state index is -1.23. The van der Waals surface area contributed by atoms with Crippen molar-refractivity contribution in [2.24, 2.45) is 5.41 Å². The lowest BCUT2D eigenvalue weighted by Crippen LogP contribution is -2.60. The average molecular weight is 465 g/mol. The maximum Gasteiger partial charge on any atom is 0.407 e. The van der Waals surface area contributed by atoms with Gasteiger partial charge in [-0.3, -0.25) is 9.59 Å². The number of carboxylic acid groups (broad SMARTS) is 1. The van der Waals surface area contributed by atoms with E-state index in [1.54, 1.807) is 13.8 Å². The molecule has 180 valence electrons. The van der Waals surface area contributed by atoms with Crippen LogP contribution in [-0.4, -0.2) is 41.3 Å². The number of hydrogen-bond acceptors (Lipinski definition) is 4. The van der Waals surface area contributed by atoms with E-state index in [2.05, 4.69) is 29.3 Å². The minimum absolute atomic E-state index is 0.0971. The number of carboxylic acids is 1. The van der Waals surface area contributed by atoms with Crippen LogP contribution >= 0.6 is 0 Å². The highest BCUT2D eigenvalue weighted by Gasteiger charge is 2.45. The number of nitrogens with one attached hydrogen (secondary N) is 2. The maximum atomic E-state index is 12.9. The number of hydrogen-bond donors (Lipinski definition) is 3. The van der Waals surface area contributed by atoms with Crippen molar-refractivity contribution in [3.05, 3.63) is 72.3 Å². The van der Waals surface area contributed by atoms with Gasteiger partial charge in [0, 0.05) is 5.92 Å². The molecule has 34 heavy (non-hydrogen) atoms. The predicted octanol–water partition coefficient (Wildman–Crippen LogP) is 4.48. The summed E-state index contributed by atoms with van der Waals surface area (Å²) < 4.78 is 5.54. The average Bonchev–Trinajstić information content (AvgIpc) is 3.10. The molecular weight excluding hydrogens is 432 g/mol. The lowest BCUT2D eigenvalue weighted by molar-refractivity contribution is -0.152. The molecule has 2 aromatic rings. The fourth-order valence-corrected chi connectivity index (χ4v) is 4.00. The van der Waals surface area contributed by atoms with E-state index in [0.717, 1.165) is 22.3 Å². The highest BCUT2D eigenvalue weighted by Crippen LogP contribution is 2.44. The largest absolute Gasteiger partial charge is 0.481 e. The van der Waals surface area contributed by atoms with Crippen LogP contribution in [0, 0.1) is 5.41 Å². The summed E-state index contributed by atoms with van der Waals surface area (Å²) in [6.45, 7) is 10.1. The first kappa shape index (κ1) is 25.0. The number of carbonyl (C=O) groups is 3. The number of benzene rings is 2. The zero-order valence-corrected chi connectivity index (χ0v) is 20.1. The first-order chi connectivity index (χ1) is 16.0. The van der Waals surface area contributed by atoms with Gasteiger partial charge in [0.15, 0.2) is 0 Å². The van der Waals surface area contributed by atoms with Crippen LogP contribution in [0.4, 0.5) is 4.79 Å². The second kappa shape index (κ2) is 9.71. The molecule has 3 rings (SSSR count). The van der Waals surface area contributed by atoms with E-state index in [0.29, 0.717) is 0 Å². The summed E-state index contributed by atoms with van der Waals surface area (Å²) in [6, 6.07) is 15.1. The molecule has 0 fully saturated rings. The molecule has 0 heterocycles. The Morgan fingerprint density at radius 1 is 1.03 bits per heavy atom. The number of ether oxygens (including phenoxy) is 1. The van der Waals surface area contributed by atoms with Gasteiger partial charge in [-0.05, 0) is 56.4 Å². The summed E-state index contributed by atoms with van der Waals surface area (Å²) in [5, 5.41) is 14.9. The summed E-state index contributed by atoms with van der Waals surface area (Å²) in [4.78, 5) is 37.2. The number of carbonyl (C=O) groups excluding carboxylic acids is 2. The molecule has 3 N–H and O–H groups in total. The van der Waals surface area contributed by atoms with Crippen LogP contribution in [0.25, 0.3) is 11.1 Å². The van der Waals surface area contributed by atoms with E-state index >= 15 is 0 Å². The van der Waals surface area contributed by atoms with Crippen LogP contribution < -0.4 is 10.6 Å². The van der Waals surface area contributed by atoms with Crippen molar-refractivity contribution in [2.45, 2.75) is 51.6 Å². The van der Waals surface area contributed by atoms with E-state index in [1.165, 1.54) is 19.9 Å². The molecule has 1 unspecified atom stereocenters. The van der Waals surface area contributed by atoms with Crippen LogP contribution in [0.15, 0.2) is 61.2 Å². The maximum absolute atomic E-state index is 12.9. The molecule has 0 saturated carbocycles. The minimum Gasteiger partial charge on any atom is -0.481 e. The number of rotatable bonds is 9. The Kier molecular flexibility index (Phi) is 7.15. The van der Waals surface area contributed by atoms with Gasteiger partial charge in [-0.2, -0.15) is 0 Å². The quantitative estimate of drug-likeness (QED) is 0.475. The fourth-order valence-electron chi connectivity index (χ4n) is 4.00. The molecule has 7 nitrogen and oxygen atoms in total. The first-order valence-corrected chi connectivity index (χ1v) is 11.3. The van der Waals surface area contributed by atoms with Crippen molar-refractivity contribution in [3.8, 4) is 11.1 Å². The Labute approximate surface area is 200 Å².